The van der Waals surface area contributed by atoms with Crippen molar-refractivity contribution in [2.24, 2.45) is 0 Å². The van der Waals surface area contributed by atoms with Gasteiger partial charge in [0.25, 0.3) is 0 Å². The lowest BCUT2D eigenvalue weighted by atomic mass is 9.98. The molecule has 0 saturated heterocycles. The highest BCUT2D eigenvalue weighted by molar-refractivity contribution is 6.11. The van der Waals surface area contributed by atoms with Crippen LogP contribution in [0.15, 0.2) is 60.8 Å². The number of hydrogen-bond donors (Lipinski definition) is 0. The number of pyridine rings is 2. The molecule has 0 amide bonds. The Morgan fingerprint density at radius 3 is 2.32 bits per heavy atom. The molecule has 0 aliphatic carbocycles. The molecule has 0 N–H and O–H groups in total. The second-order valence-corrected chi connectivity index (χ2v) is 5.63. The Labute approximate surface area is 129 Å². The van der Waals surface area contributed by atoms with Gasteiger partial charge in [-0.25, -0.2) is 0 Å². The van der Waals surface area contributed by atoms with Crippen molar-refractivity contribution in [3.63, 3.8) is 0 Å². The number of rotatable bonds is 1. The van der Waals surface area contributed by atoms with Crippen molar-refractivity contribution in [3.05, 3.63) is 72.2 Å². The lowest BCUT2D eigenvalue weighted by Gasteiger charge is -2.10. The fourth-order valence-corrected chi connectivity index (χ4v) is 3.14. The first-order chi connectivity index (χ1) is 10.7. The average molecular weight is 284 g/mol. The molecule has 0 aliphatic rings. The lowest BCUT2D eigenvalue weighted by Crippen LogP contribution is -1.91. The third-order valence-corrected chi connectivity index (χ3v) is 4.12. The molecule has 0 bridgehead atoms. The van der Waals surface area contributed by atoms with E-state index in [1.807, 2.05) is 19.2 Å². The first kappa shape index (κ1) is 13.0. The lowest BCUT2D eigenvalue weighted by molar-refractivity contribution is 1.15. The van der Waals surface area contributed by atoms with Crippen molar-refractivity contribution in [2.45, 2.75) is 13.8 Å². The Morgan fingerprint density at radius 2 is 1.50 bits per heavy atom. The van der Waals surface area contributed by atoms with Crippen molar-refractivity contribution in [1.29, 1.82) is 0 Å². The summed E-state index contributed by atoms with van der Waals surface area (Å²) in [5.41, 5.74) is 4.31. The van der Waals surface area contributed by atoms with Crippen LogP contribution in [0.25, 0.3) is 32.8 Å². The highest BCUT2D eigenvalue weighted by Gasteiger charge is 2.09. The SMILES string of the molecule is Cc1cc2c(ccc3c(-c4ccccc4)nccc32)c(C)n1. The summed E-state index contributed by atoms with van der Waals surface area (Å²) < 4.78 is 0. The zero-order valence-corrected chi connectivity index (χ0v) is 12.7. The molecule has 0 saturated carbocycles. The molecule has 2 aromatic carbocycles. The number of aromatic nitrogens is 2. The van der Waals surface area contributed by atoms with Gasteiger partial charge in [-0.05, 0) is 36.8 Å². The summed E-state index contributed by atoms with van der Waals surface area (Å²) >= 11 is 0. The summed E-state index contributed by atoms with van der Waals surface area (Å²) in [6.45, 7) is 4.12. The van der Waals surface area contributed by atoms with E-state index < -0.39 is 0 Å². The smallest absolute Gasteiger partial charge is 0.0780 e. The summed E-state index contributed by atoms with van der Waals surface area (Å²) in [5, 5.41) is 4.89. The number of aryl methyl sites for hydroxylation is 2. The Balaban J connectivity index is 2.13. The first-order valence-electron chi connectivity index (χ1n) is 7.45. The monoisotopic (exact) mass is 284 g/mol. The molecule has 2 nitrogen and oxygen atoms in total. The van der Waals surface area contributed by atoms with Crippen LogP contribution in [0.3, 0.4) is 0 Å². The molecule has 0 unspecified atom stereocenters. The largest absolute Gasteiger partial charge is 0.258 e. The first-order valence-corrected chi connectivity index (χ1v) is 7.45. The summed E-state index contributed by atoms with van der Waals surface area (Å²) in [4.78, 5) is 9.19. The van der Waals surface area contributed by atoms with Crippen LogP contribution in [0, 0.1) is 13.8 Å². The minimum absolute atomic E-state index is 1.03. The minimum atomic E-state index is 1.03. The van der Waals surface area contributed by atoms with Gasteiger partial charge < -0.3 is 0 Å². The van der Waals surface area contributed by atoms with E-state index in [1.165, 1.54) is 21.5 Å². The molecule has 2 heteroatoms. The average Bonchev–Trinajstić information content (AvgIpc) is 2.55. The van der Waals surface area contributed by atoms with Gasteiger partial charge in [0.2, 0.25) is 0 Å². The van der Waals surface area contributed by atoms with Crippen LogP contribution in [0.5, 0.6) is 0 Å². The summed E-state index contributed by atoms with van der Waals surface area (Å²) in [6, 6.07) is 18.9. The van der Waals surface area contributed by atoms with E-state index in [4.69, 9.17) is 0 Å². The summed E-state index contributed by atoms with van der Waals surface area (Å²) in [7, 11) is 0. The van der Waals surface area contributed by atoms with Crippen LogP contribution in [-0.2, 0) is 0 Å². The van der Waals surface area contributed by atoms with E-state index in [9.17, 15) is 0 Å². The predicted octanol–water partition coefficient (Wildman–Crippen LogP) is 5.07. The van der Waals surface area contributed by atoms with Crippen LogP contribution >= 0.6 is 0 Å². The molecule has 2 aromatic heterocycles. The zero-order valence-electron chi connectivity index (χ0n) is 12.7. The van der Waals surface area contributed by atoms with Crippen LogP contribution in [0.1, 0.15) is 11.4 Å². The number of nitrogens with zero attached hydrogens (tertiary/aromatic N) is 2. The summed E-state index contributed by atoms with van der Waals surface area (Å²) in [5.74, 6) is 0. The van der Waals surface area contributed by atoms with E-state index >= 15 is 0 Å². The van der Waals surface area contributed by atoms with Gasteiger partial charge in [-0.2, -0.15) is 0 Å². The van der Waals surface area contributed by atoms with Gasteiger partial charge in [0, 0.05) is 33.9 Å². The third kappa shape index (κ3) is 1.96. The molecule has 22 heavy (non-hydrogen) atoms. The fourth-order valence-electron chi connectivity index (χ4n) is 3.14. The van der Waals surface area contributed by atoms with Crippen LogP contribution in [-0.4, -0.2) is 9.97 Å². The van der Waals surface area contributed by atoms with Gasteiger partial charge >= 0.3 is 0 Å². The van der Waals surface area contributed by atoms with Gasteiger partial charge in [0.05, 0.1) is 5.69 Å². The van der Waals surface area contributed by atoms with Crippen molar-refractivity contribution in [1.82, 2.24) is 9.97 Å². The maximum absolute atomic E-state index is 4.61. The van der Waals surface area contributed by atoms with Crippen LogP contribution in [0.2, 0.25) is 0 Å². The van der Waals surface area contributed by atoms with Gasteiger partial charge in [-0.1, -0.05) is 42.5 Å². The normalized spacial score (nSPS) is 11.2. The standard InChI is InChI=1S/C20H16N2/c1-13-12-19-16(14(2)22-13)8-9-18-17(19)10-11-21-20(18)15-6-4-3-5-7-15/h3-12H,1-2H3. The van der Waals surface area contributed by atoms with E-state index in [-0.39, 0.29) is 0 Å². The highest BCUT2D eigenvalue weighted by atomic mass is 14.7. The molecule has 4 rings (SSSR count). The topological polar surface area (TPSA) is 25.8 Å². The van der Waals surface area contributed by atoms with Crippen molar-refractivity contribution in [2.75, 3.05) is 0 Å². The van der Waals surface area contributed by atoms with Gasteiger partial charge in [-0.3, -0.25) is 9.97 Å². The van der Waals surface area contributed by atoms with E-state index in [0.29, 0.717) is 0 Å². The minimum Gasteiger partial charge on any atom is -0.258 e. The molecule has 4 aromatic rings. The van der Waals surface area contributed by atoms with E-state index in [1.54, 1.807) is 0 Å². The van der Waals surface area contributed by atoms with Gasteiger partial charge in [0.1, 0.15) is 0 Å². The van der Waals surface area contributed by atoms with Crippen molar-refractivity contribution < 1.29 is 0 Å². The second kappa shape index (κ2) is 4.92. The molecule has 0 atom stereocenters. The number of hydrogen-bond acceptors (Lipinski definition) is 2. The Bertz CT molecular complexity index is 989. The number of benzene rings is 2. The zero-order chi connectivity index (χ0) is 15.1. The highest BCUT2D eigenvalue weighted by Crippen LogP contribution is 2.32. The molecule has 0 aliphatic heterocycles. The maximum Gasteiger partial charge on any atom is 0.0780 e. The molecular formula is C20H16N2. The Hall–Kier alpha value is -2.74. The Morgan fingerprint density at radius 1 is 0.727 bits per heavy atom. The van der Waals surface area contributed by atoms with Gasteiger partial charge in [0.15, 0.2) is 0 Å². The van der Waals surface area contributed by atoms with E-state index in [0.717, 1.165) is 22.6 Å². The predicted molar refractivity (Wildman–Crippen MR) is 92.0 cm³/mol. The molecule has 106 valence electrons. The van der Waals surface area contributed by atoms with Crippen LogP contribution < -0.4 is 0 Å². The summed E-state index contributed by atoms with van der Waals surface area (Å²) in [6.07, 6.45) is 1.90. The second-order valence-electron chi connectivity index (χ2n) is 5.63. The quantitative estimate of drug-likeness (QED) is 0.456. The van der Waals surface area contributed by atoms with Crippen molar-refractivity contribution in [3.8, 4) is 11.3 Å². The maximum atomic E-state index is 4.61. The molecular weight excluding hydrogens is 268 g/mol. The molecule has 0 radical (unpaired) electrons. The van der Waals surface area contributed by atoms with Crippen molar-refractivity contribution >= 4 is 21.5 Å². The number of fused-ring (bicyclic) bond motifs is 3. The van der Waals surface area contributed by atoms with Gasteiger partial charge in [-0.15, -0.1) is 0 Å². The molecule has 0 fully saturated rings. The van der Waals surface area contributed by atoms with E-state index in [2.05, 4.69) is 65.4 Å². The third-order valence-electron chi connectivity index (χ3n) is 4.12. The molecule has 2 heterocycles. The Kier molecular flexibility index (Phi) is 2.90. The van der Waals surface area contributed by atoms with Crippen LogP contribution in [0.4, 0.5) is 0 Å². The fraction of sp³-hybridized carbons (Fsp3) is 0.100. The molecule has 0 spiro atoms.